The van der Waals surface area contributed by atoms with Gasteiger partial charge in [-0.2, -0.15) is 0 Å². The molecule has 1 saturated carbocycles. The minimum absolute atomic E-state index is 0.0647. The van der Waals surface area contributed by atoms with Gasteiger partial charge in [-0.3, -0.25) is 9.78 Å². The number of pyridine rings is 1. The van der Waals surface area contributed by atoms with Crippen LogP contribution in [0.1, 0.15) is 32.1 Å². The third-order valence-electron chi connectivity index (χ3n) is 4.04. The number of carbonyl (C=O) groups excluding carboxylic acids is 1. The summed E-state index contributed by atoms with van der Waals surface area (Å²) in [5.41, 5.74) is 1.82. The van der Waals surface area contributed by atoms with Crippen LogP contribution in [0.4, 0.5) is 5.69 Å². The standard InChI is InChI=1S/C17H21N3O/c21-16(20-14-8-2-1-3-9-14)12-19-15-10-4-6-13-7-5-11-18-17(13)15/h4-7,10-11,14,19H,1-3,8-9,12H2,(H,20,21). The lowest BCUT2D eigenvalue weighted by Crippen LogP contribution is -2.39. The molecule has 1 amide bonds. The van der Waals surface area contributed by atoms with Crippen molar-refractivity contribution in [2.45, 2.75) is 38.1 Å². The number of benzene rings is 1. The molecule has 0 bridgehead atoms. The summed E-state index contributed by atoms with van der Waals surface area (Å²) in [7, 11) is 0. The van der Waals surface area contributed by atoms with E-state index in [1.807, 2.05) is 30.3 Å². The molecule has 21 heavy (non-hydrogen) atoms. The monoisotopic (exact) mass is 283 g/mol. The number of para-hydroxylation sites is 1. The highest BCUT2D eigenvalue weighted by molar-refractivity contribution is 5.92. The Morgan fingerprint density at radius 2 is 1.95 bits per heavy atom. The maximum atomic E-state index is 12.0. The number of anilines is 1. The highest BCUT2D eigenvalue weighted by Crippen LogP contribution is 2.20. The fraction of sp³-hybridized carbons (Fsp3) is 0.412. The predicted octanol–water partition coefficient (Wildman–Crippen LogP) is 3.10. The molecule has 2 aromatic rings. The van der Waals surface area contributed by atoms with Crippen LogP contribution in [-0.4, -0.2) is 23.5 Å². The number of rotatable bonds is 4. The fourth-order valence-corrected chi connectivity index (χ4v) is 2.95. The molecule has 1 fully saturated rings. The van der Waals surface area contributed by atoms with Gasteiger partial charge in [0.2, 0.25) is 5.91 Å². The summed E-state index contributed by atoms with van der Waals surface area (Å²) < 4.78 is 0. The molecule has 3 rings (SSSR count). The van der Waals surface area contributed by atoms with Crippen molar-refractivity contribution in [1.29, 1.82) is 0 Å². The first kappa shape index (κ1) is 13.9. The molecule has 0 aliphatic heterocycles. The van der Waals surface area contributed by atoms with Crippen LogP contribution < -0.4 is 10.6 Å². The smallest absolute Gasteiger partial charge is 0.239 e. The van der Waals surface area contributed by atoms with Gasteiger partial charge < -0.3 is 10.6 Å². The van der Waals surface area contributed by atoms with E-state index in [2.05, 4.69) is 15.6 Å². The number of amides is 1. The third kappa shape index (κ3) is 3.51. The number of nitrogens with one attached hydrogen (secondary N) is 2. The van der Waals surface area contributed by atoms with E-state index in [0.29, 0.717) is 12.6 Å². The summed E-state index contributed by atoms with van der Waals surface area (Å²) in [4.78, 5) is 16.4. The van der Waals surface area contributed by atoms with Crippen LogP contribution >= 0.6 is 0 Å². The summed E-state index contributed by atoms with van der Waals surface area (Å²) in [6, 6.07) is 10.3. The molecule has 1 aliphatic rings. The largest absolute Gasteiger partial charge is 0.374 e. The highest BCUT2D eigenvalue weighted by Gasteiger charge is 2.15. The SMILES string of the molecule is O=C(CNc1cccc2cccnc12)NC1CCCCC1. The van der Waals surface area contributed by atoms with Gasteiger partial charge in [0.05, 0.1) is 17.7 Å². The van der Waals surface area contributed by atoms with E-state index in [1.54, 1.807) is 6.20 Å². The van der Waals surface area contributed by atoms with Crippen molar-refractivity contribution in [2.75, 3.05) is 11.9 Å². The van der Waals surface area contributed by atoms with E-state index in [0.717, 1.165) is 29.4 Å². The van der Waals surface area contributed by atoms with Crippen LogP contribution in [0.3, 0.4) is 0 Å². The number of carbonyl (C=O) groups is 1. The van der Waals surface area contributed by atoms with E-state index < -0.39 is 0 Å². The van der Waals surface area contributed by atoms with Gasteiger partial charge in [-0.1, -0.05) is 37.5 Å². The molecule has 1 aromatic carbocycles. The molecule has 0 atom stereocenters. The Morgan fingerprint density at radius 1 is 1.14 bits per heavy atom. The summed E-state index contributed by atoms with van der Waals surface area (Å²) >= 11 is 0. The van der Waals surface area contributed by atoms with Crippen molar-refractivity contribution in [3.63, 3.8) is 0 Å². The molecule has 1 aromatic heterocycles. The second-order valence-corrected chi connectivity index (χ2v) is 5.64. The fourth-order valence-electron chi connectivity index (χ4n) is 2.95. The van der Waals surface area contributed by atoms with Gasteiger partial charge in [-0.25, -0.2) is 0 Å². The lowest BCUT2D eigenvalue weighted by Gasteiger charge is -2.22. The van der Waals surface area contributed by atoms with Crippen LogP contribution in [0.25, 0.3) is 10.9 Å². The zero-order valence-electron chi connectivity index (χ0n) is 12.1. The van der Waals surface area contributed by atoms with Crippen molar-refractivity contribution < 1.29 is 4.79 Å². The normalized spacial score (nSPS) is 15.8. The van der Waals surface area contributed by atoms with Crippen LogP contribution in [-0.2, 0) is 4.79 Å². The molecule has 2 N–H and O–H groups in total. The van der Waals surface area contributed by atoms with Gasteiger partial charge in [0, 0.05) is 17.6 Å². The van der Waals surface area contributed by atoms with E-state index in [-0.39, 0.29) is 5.91 Å². The molecule has 110 valence electrons. The molecule has 0 radical (unpaired) electrons. The van der Waals surface area contributed by atoms with Gasteiger partial charge in [0.1, 0.15) is 0 Å². The van der Waals surface area contributed by atoms with Crippen molar-refractivity contribution in [3.05, 3.63) is 36.5 Å². The molecule has 0 spiro atoms. The topological polar surface area (TPSA) is 54.0 Å². The van der Waals surface area contributed by atoms with Crippen molar-refractivity contribution >= 4 is 22.5 Å². The quantitative estimate of drug-likeness (QED) is 0.906. The Morgan fingerprint density at radius 3 is 2.81 bits per heavy atom. The molecule has 0 unspecified atom stereocenters. The molecule has 1 heterocycles. The number of fused-ring (bicyclic) bond motifs is 1. The summed E-state index contributed by atoms with van der Waals surface area (Å²) in [5.74, 6) is 0.0647. The third-order valence-corrected chi connectivity index (χ3v) is 4.04. The molecule has 4 nitrogen and oxygen atoms in total. The number of aromatic nitrogens is 1. The first-order valence-corrected chi connectivity index (χ1v) is 7.70. The van der Waals surface area contributed by atoms with Crippen molar-refractivity contribution in [1.82, 2.24) is 10.3 Å². The minimum atomic E-state index is 0.0647. The molecule has 4 heteroatoms. The second-order valence-electron chi connectivity index (χ2n) is 5.64. The second kappa shape index (κ2) is 6.57. The summed E-state index contributed by atoms with van der Waals surface area (Å²) in [6.07, 6.45) is 7.75. The first-order valence-electron chi connectivity index (χ1n) is 7.70. The Bertz CT molecular complexity index is 615. The maximum absolute atomic E-state index is 12.0. The van der Waals surface area contributed by atoms with Crippen LogP contribution in [0, 0.1) is 0 Å². The predicted molar refractivity (Wildman–Crippen MR) is 85.2 cm³/mol. The van der Waals surface area contributed by atoms with Crippen molar-refractivity contribution in [3.8, 4) is 0 Å². The van der Waals surface area contributed by atoms with E-state index in [4.69, 9.17) is 0 Å². The van der Waals surface area contributed by atoms with Gasteiger partial charge in [0.25, 0.3) is 0 Å². The number of hydrogen-bond acceptors (Lipinski definition) is 3. The minimum Gasteiger partial charge on any atom is -0.374 e. The molecule has 0 saturated heterocycles. The lowest BCUT2D eigenvalue weighted by molar-refractivity contribution is -0.120. The summed E-state index contributed by atoms with van der Waals surface area (Å²) in [6.45, 7) is 0.298. The van der Waals surface area contributed by atoms with Gasteiger partial charge in [0.15, 0.2) is 0 Å². The molecular formula is C17H21N3O. The number of hydrogen-bond donors (Lipinski definition) is 2. The Hall–Kier alpha value is -2.10. The Kier molecular flexibility index (Phi) is 4.34. The maximum Gasteiger partial charge on any atom is 0.239 e. The Labute approximate surface area is 125 Å². The average molecular weight is 283 g/mol. The average Bonchev–Trinajstić information content (AvgIpc) is 2.54. The van der Waals surface area contributed by atoms with E-state index in [9.17, 15) is 4.79 Å². The van der Waals surface area contributed by atoms with Gasteiger partial charge >= 0.3 is 0 Å². The molecular weight excluding hydrogens is 262 g/mol. The van der Waals surface area contributed by atoms with Gasteiger partial charge in [-0.15, -0.1) is 0 Å². The number of nitrogens with zero attached hydrogens (tertiary/aromatic N) is 1. The van der Waals surface area contributed by atoms with Crippen LogP contribution in [0.15, 0.2) is 36.5 Å². The lowest BCUT2D eigenvalue weighted by atomic mass is 9.95. The molecule has 1 aliphatic carbocycles. The zero-order chi connectivity index (χ0) is 14.5. The van der Waals surface area contributed by atoms with Crippen LogP contribution in [0.5, 0.6) is 0 Å². The van der Waals surface area contributed by atoms with Gasteiger partial charge in [-0.05, 0) is 25.0 Å². The van der Waals surface area contributed by atoms with Crippen LogP contribution in [0.2, 0.25) is 0 Å². The highest BCUT2D eigenvalue weighted by atomic mass is 16.1. The Balaban J connectivity index is 1.59. The van der Waals surface area contributed by atoms with E-state index in [1.165, 1.54) is 19.3 Å². The zero-order valence-corrected chi connectivity index (χ0v) is 12.1. The first-order chi connectivity index (χ1) is 10.3. The van der Waals surface area contributed by atoms with E-state index >= 15 is 0 Å². The van der Waals surface area contributed by atoms with Crippen molar-refractivity contribution in [2.24, 2.45) is 0 Å². The summed E-state index contributed by atoms with van der Waals surface area (Å²) in [5, 5.41) is 7.40.